The van der Waals surface area contributed by atoms with Crippen LogP contribution in [0, 0.1) is 13.8 Å². The van der Waals surface area contributed by atoms with Gasteiger partial charge >= 0.3 is 0 Å². The molecule has 0 saturated carbocycles. The van der Waals surface area contributed by atoms with Crippen LogP contribution in [0.4, 0.5) is 5.95 Å². The lowest BCUT2D eigenvalue weighted by atomic mass is 10.3. The van der Waals surface area contributed by atoms with Gasteiger partial charge in [-0.3, -0.25) is 4.79 Å². The highest BCUT2D eigenvalue weighted by Gasteiger charge is 2.13. The van der Waals surface area contributed by atoms with E-state index in [1.165, 1.54) is 0 Å². The monoisotopic (exact) mass is 266 g/mol. The molecule has 0 bridgehead atoms. The molecule has 9 nitrogen and oxygen atoms in total. The lowest BCUT2D eigenvalue weighted by molar-refractivity contribution is 0.0941. The number of carbonyl (C=O) groups is 1. The zero-order chi connectivity index (χ0) is 13.8. The molecule has 4 N–H and O–H groups in total. The fourth-order valence-corrected chi connectivity index (χ4v) is 1.46. The van der Waals surface area contributed by atoms with Gasteiger partial charge in [0.25, 0.3) is 11.8 Å². The van der Waals surface area contributed by atoms with Gasteiger partial charge < -0.3 is 20.8 Å². The minimum absolute atomic E-state index is 0.211. The van der Waals surface area contributed by atoms with E-state index in [9.17, 15) is 4.79 Å². The largest absolute Gasteiger partial charge is 0.472 e. The van der Waals surface area contributed by atoms with Crippen molar-refractivity contribution in [3.63, 3.8) is 0 Å². The number of ether oxygens (including phenoxy) is 1. The molecule has 2 aromatic rings. The zero-order valence-corrected chi connectivity index (χ0v) is 10.6. The predicted molar refractivity (Wildman–Crippen MR) is 64.6 cm³/mol. The number of amides is 1. The van der Waals surface area contributed by atoms with Crippen molar-refractivity contribution in [1.29, 1.82) is 0 Å². The van der Waals surface area contributed by atoms with Gasteiger partial charge in [-0.05, 0) is 19.0 Å². The number of aromatic nitrogens is 4. The number of carbonyl (C=O) groups excluding carboxylic acids is 1. The van der Waals surface area contributed by atoms with Gasteiger partial charge in [0, 0.05) is 5.69 Å². The number of nitrogen functional groups attached to an aromatic ring is 1. The fraction of sp³-hybridized carbons (Fsp3) is 0.400. The lowest BCUT2D eigenvalue weighted by Gasteiger charge is -2.04. The zero-order valence-electron chi connectivity index (χ0n) is 10.6. The Labute approximate surface area is 108 Å². The summed E-state index contributed by atoms with van der Waals surface area (Å²) in [4.78, 5) is 18.4. The molecular weight excluding hydrogens is 252 g/mol. The van der Waals surface area contributed by atoms with Crippen LogP contribution in [0.25, 0.3) is 0 Å². The molecule has 0 aliphatic heterocycles. The molecule has 2 aromatic heterocycles. The van der Waals surface area contributed by atoms with Crippen molar-refractivity contribution >= 4 is 11.9 Å². The number of nitrogens with one attached hydrogen (secondary N) is 2. The van der Waals surface area contributed by atoms with E-state index >= 15 is 0 Å². The van der Waals surface area contributed by atoms with Crippen molar-refractivity contribution in [2.75, 3.05) is 18.9 Å². The summed E-state index contributed by atoms with van der Waals surface area (Å²) < 4.78 is 9.73. The number of hydrogen-bond acceptors (Lipinski definition) is 7. The Morgan fingerprint density at radius 1 is 1.47 bits per heavy atom. The molecule has 0 radical (unpaired) electrons. The smallest absolute Gasteiger partial charge is 0.278 e. The average Bonchev–Trinajstić information content (AvgIpc) is 2.91. The third-order valence-corrected chi connectivity index (χ3v) is 2.36. The first-order valence-corrected chi connectivity index (χ1v) is 5.60. The SMILES string of the molecule is Cc1nonc1OCCNC(=O)c1nc(N)[nH]c1C. The van der Waals surface area contributed by atoms with Crippen LogP contribution in [0.2, 0.25) is 0 Å². The van der Waals surface area contributed by atoms with Crippen LogP contribution in [0.1, 0.15) is 21.9 Å². The topological polar surface area (TPSA) is 132 Å². The second-order valence-corrected chi connectivity index (χ2v) is 3.85. The van der Waals surface area contributed by atoms with Gasteiger partial charge in [-0.25, -0.2) is 9.61 Å². The summed E-state index contributed by atoms with van der Waals surface area (Å²) >= 11 is 0. The van der Waals surface area contributed by atoms with E-state index in [0.29, 0.717) is 23.8 Å². The molecule has 1 amide bonds. The second kappa shape index (κ2) is 5.38. The van der Waals surface area contributed by atoms with Crippen LogP contribution < -0.4 is 15.8 Å². The summed E-state index contributed by atoms with van der Waals surface area (Å²) in [5.41, 5.74) is 6.91. The molecule has 19 heavy (non-hydrogen) atoms. The number of hydrogen-bond donors (Lipinski definition) is 3. The fourth-order valence-electron chi connectivity index (χ4n) is 1.46. The number of anilines is 1. The first kappa shape index (κ1) is 12.9. The van der Waals surface area contributed by atoms with Gasteiger partial charge in [0.15, 0.2) is 11.6 Å². The molecular formula is C10H14N6O3. The number of aromatic amines is 1. The summed E-state index contributed by atoms with van der Waals surface area (Å²) in [6.45, 7) is 3.98. The normalized spacial score (nSPS) is 10.4. The van der Waals surface area contributed by atoms with E-state index in [1.807, 2.05) is 0 Å². The average molecular weight is 266 g/mol. The van der Waals surface area contributed by atoms with Gasteiger partial charge in [-0.2, -0.15) is 0 Å². The summed E-state index contributed by atoms with van der Waals surface area (Å²) in [5.74, 6) is 0.210. The maximum Gasteiger partial charge on any atom is 0.278 e. The number of imidazole rings is 1. The van der Waals surface area contributed by atoms with E-state index < -0.39 is 0 Å². The van der Waals surface area contributed by atoms with Crippen molar-refractivity contribution in [3.8, 4) is 5.88 Å². The highest BCUT2D eigenvalue weighted by molar-refractivity contribution is 5.93. The summed E-state index contributed by atoms with van der Waals surface area (Å²) in [5, 5.41) is 9.77. The maximum absolute atomic E-state index is 11.8. The molecule has 0 aliphatic rings. The molecule has 2 heterocycles. The molecule has 2 rings (SSSR count). The molecule has 9 heteroatoms. The van der Waals surface area contributed by atoms with Gasteiger partial charge in [0.2, 0.25) is 0 Å². The Morgan fingerprint density at radius 3 is 2.84 bits per heavy atom. The lowest BCUT2D eigenvalue weighted by Crippen LogP contribution is -2.29. The van der Waals surface area contributed by atoms with Gasteiger partial charge in [-0.15, -0.1) is 0 Å². The van der Waals surface area contributed by atoms with Crippen LogP contribution >= 0.6 is 0 Å². The summed E-state index contributed by atoms with van der Waals surface area (Å²) in [6, 6.07) is 0. The first-order valence-electron chi connectivity index (χ1n) is 5.60. The van der Waals surface area contributed by atoms with E-state index in [1.54, 1.807) is 13.8 Å². The van der Waals surface area contributed by atoms with Gasteiger partial charge in [0.05, 0.1) is 6.54 Å². The molecule has 102 valence electrons. The van der Waals surface area contributed by atoms with E-state index in [0.717, 1.165) is 0 Å². The molecule has 0 aliphatic carbocycles. The van der Waals surface area contributed by atoms with Gasteiger partial charge in [-0.1, -0.05) is 5.16 Å². The Hall–Kier alpha value is -2.58. The molecule has 0 aromatic carbocycles. The molecule has 0 unspecified atom stereocenters. The van der Waals surface area contributed by atoms with Crippen molar-refractivity contribution in [2.45, 2.75) is 13.8 Å². The number of nitrogens with zero attached hydrogens (tertiary/aromatic N) is 3. The van der Waals surface area contributed by atoms with Crippen molar-refractivity contribution in [1.82, 2.24) is 25.6 Å². The van der Waals surface area contributed by atoms with E-state index in [4.69, 9.17) is 10.5 Å². The van der Waals surface area contributed by atoms with Crippen LogP contribution in [0.3, 0.4) is 0 Å². The van der Waals surface area contributed by atoms with E-state index in [2.05, 4.69) is 30.2 Å². The van der Waals surface area contributed by atoms with Crippen LogP contribution in [-0.2, 0) is 0 Å². The number of rotatable bonds is 5. The minimum Gasteiger partial charge on any atom is -0.472 e. The van der Waals surface area contributed by atoms with Crippen molar-refractivity contribution in [2.24, 2.45) is 0 Å². The summed E-state index contributed by atoms with van der Waals surface area (Å²) in [7, 11) is 0. The van der Waals surface area contributed by atoms with Crippen LogP contribution in [-0.4, -0.2) is 39.3 Å². The Bertz CT molecular complexity index is 576. The minimum atomic E-state index is -0.316. The Balaban J connectivity index is 1.78. The number of aryl methyl sites for hydroxylation is 2. The molecule has 0 atom stereocenters. The number of nitrogens with two attached hydrogens (primary N) is 1. The Morgan fingerprint density at radius 2 is 2.26 bits per heavy atom. The van der Waals surface area contributed by atoms with E-state index in [-0.39, 0.29) is 24.2 Å². The summed E-state index contributed by atoms with van der Waals surface area (Å²) in [6.07, 6.45) is 0. The highest BCUT2D eigenvalue weighted by atomic mass is 16.6. The third-order valence-electron chi connectivity index (χ3n) is 2.36. The maximum atomic E-state index is 11.8. The van der Waals surface area contributed by atoms with Crippen LogP contribution in [0.5, 0.6) is 5.88 Å². The van der Waals surface area contributed by atoms with Crippen LogP contribution in [0.15, 0.2) is 4.63 Å². The van der Waals surface area contributed by atoms with Crippen molar-refractivity contribution in [3.05, 3.63) is 17.1 Å². The first-order chi connectivity index (χ1) is 9.08. The second-order valence-electron chi connectivity index (χ2n) is 3.85. The standard InChI is InChI=1S/C10H14N6O3/c1-5-7(14-10(11)13-5)8(17)12-3-4-18-9-6(2)15-19-16-9/h3-4H2,1-2H3,(H,12,17)(H3,11,13,14). The third kappa shape index (κ3) is 3.00. The quantitative estimate of drug-likeness (QED) is 0.638. The van der Waals surface area contributed by atoms with Crippen molar-refractivity contribution < 1.29 is 14.2 Å². The molecule has 0 saturated heterocycles. The predicted octanol–water partition coefficient (Wildman–Crippen LogP) is -0.199. The Kier molecular flexibility index (Phi) is 3.64. The molecule has 0 fully saturated rings. The molecule has 0 spiro atoms. The number of H-pyrrole nitrogens is 1. The van der Waals surface area contributed by atoms with Gasteiger partial charge in [0.1, 0.15) is 12.3 Å². The highest BCUT2D eigenvalue weighted by Crippen LogP contribution is 2.09.